The van der Waals surface area contributed by atoms with E-state index in [0.29, 0.717) is 13.2 Å². The number of aliphatic carboxylic acids is 1. The molecule has 0 aliphatic heterocycles. The Morgan fingerprint density at radius 1 is 1.09 bits per heavy atom. The fraction of sp³-hybridized carbons (Fsp3) is 0.500. The number of carboxylic acids is 1. The minimum Gasteiger partial charge on any atom is -0.492 e. The number of carbonyl (C=O) groups excluding carboxylic acids is 1. The molecule has 0 unspecified atom stereocenters. The SMILES string of the molecule is CC(C)(C)c1ccc(OCCNC(=O)NCCC(=O)O)cc1. The van der Waals surface area contributed by atoms with Crippen LogP contribution in [0.15, 0.2) is 24.3 Å². The van der Waals surface area contributed by atoms with Crippen molar-refractivity contribution >= 4 is 12.0 Å². The zero-order valence-electron chi connectivity index (χ0n) is 13.3. The molecule has 0 saturated heterocycles. The Morgan fingerprint density at radius 2 is 1.68 bits per heavy atom. The first-order valence-electron chi connectivity index (χ1n) is 7.26. The maximum Gasteiger partial charge on any atom is 0.314 e. The molecule has 0 aliphatic carbocycles. The average molecular weight is 308 g/mol. The van der Waals surface area contributed by atoms with E-state index in [2.05, 4.69) is 31.4 Å². The largest absolute Gasteiger partial charge is 0.492 e. The van der Waals surface area contributed by atoms with Crippen molar-refractivity contribution in [1.29, 1.82) is 0 Å². The van der Waals surface area contributed by atoms with Gasteiger partial charge >= 0.3 is 12.0 Å². The van der Waals surface area contributed by atoms with Crippen LogP contribution in [-0.4, -0.2) is 36.8 Å². The molecule has 0 bridgehead atoms. The standard InChI is InChI=1S/C16H24N2O4/c1-16(2,3)12-4-6-13(7-5-12)22-11-10-18-15(21)17-9-8-14(19)20/h4-7H,8-11H2,1-3H3,(H,19,20)(H2,17,18,21). The fourth-order valence-corrected chi connectivity index (χ4v) is 1.73. The lowest BCUT2D eigenvalue weighted by atomic mass is 9.87. The van der Waals surface area contributed by atoms with Crippen molar-refractivity contribution in [2.75, 3.05) is 19.7 Å². The molecular formula is C16H24N2O4. The molecule has 0 heterocycles. The highest BCUT2D eigenvalue weighted by atomic mass is 16.5. The Balaban J connectivity index is 2.22. The number of carboxylic acid groups (broad SMARTS) is 1. The first-order valence-corrected chi connectivity index (χ1v) is 7.26. The van der Waals surface area contributed by atoms with Crippen LogP contribution in [0, 0.1) is 0 Å². The van der Waals surface area contributed by atoms with Gasteiger partial charge in [0.05, 0.1) is 13.0 Å². The lowest BCUT2D eigenvalue weighted by Gasteiger charge is -2.19. The molecule has 122 valence electrons. The summed E-state index contributed by atoms with van der Waals surface area (Å²) in [7, 11) is 0. The number of nitrogens with one attached hydrogen (secondary N) is 2. The van der Waals surface area contributed by atoms with Crippen molar-refractivity contribution in [1.82, 2.24) is 10.6 Å². The third kappa shape index (κ3) is 6.97. The third-order valence-electron chi connectivity index (χ3n) is 3.00. The van der Waals surface area contributed by atoms with Gasteiger partial charge in [-0.25, -0.2) is 4.79 Å². The molecule has 0 spiro atoms. The van der Waals surface area contributed by atoms with Crippen LogP contribution in [0.1, 0.15) is 32.8 Å². The van der Waals surface area contributed by atoms with Gasteiger partial charge in [-0.2, -0.15) is 0 Å². The molecule has 0 saturated carbocycles. The van der Waals surface area contributed by atoms with Gasteiger partial charge in [-0.05, 0) is 23.1 Å². The van der Waals surface area contributed by atoms with Crippen LogP contribution in [0.5, 0.6) is 5.75 Å². The third-order valence-corrected chi connectivity index (χ3v) is 3.00. The highest BCUT2D eigenvalue weighted by Gasteiger charge is 2.12. The summed E-state index contributed by atoms with van der Waals surface area (Å²) in [5, 5.41) is 13.5. The van der Waals surface area contributed by atoms with Crippen molar-refractivity contribution in [3.05, 3.63) is 29.8 Å². The van der Waals surface area contributed by atoms with E-state index in [1.54, 1.807) is 0 Å². The van der Waals surface area contributed by atoms with Crippen LogP contribution >= 0.6 is 0 Å². The Bertz CT molecular complexity index is 492. The lowest BCUT2D eigenvalue weighted by molar-refractivity contribution is -0.136. The summed E-state index contributed by atoms with van der Waals surface area (Å²) in [6.07, 6.45) is -0.0932. The van der Waals surface area contributed by atoms with Crippen LogP contribution in [-0.2, 0) is 10.2 Å². The maximum absolute atomic E-state index is 11.3. The Labute approximate surface area is 130 Å². The van der Waals surface area contributed by atoms with Crippen LogP contribution < -0.4 is 15.4 Å². The van der Waals surface area contributed by atoms with Gasteiger partial charge in [-0.15, -0.1) is 0 Å². The summed E-state index contributed by atoms with van der Waals surface area (Å²) in [6.45, 7) is 7.25. The van der Waals surface area contributed by atoms with Gasteiger partial charge in [0.1, 0.15) is 12.4 Å². The van der Waals surface area contributed by atoms with E-state index < -0.39 is 12.0 Å². The number of hydrogen-bond acceptors (Lipinski definition) is 3. The second-order valence-corrected chi connectivity index (χ2v) is 5.95. The number of urea groups is 1. The molecule has 3 N–H and O–H groups in total. The van der Waals surface area contributed by atoms with Crippen molar-refractivity contribution in [3.8, 4) is 5.75 Å². The molecule has 6 heteroatoms. The molecule has 0 radical (unpaired) electrons. The van der Waals surface area contributed by atoms with Crippen molar-refractivity contribution in [2.45, 2.75) is 32.6 Å². The van der Waals surface area contributed by atoms with E-state index in [1.807, 2.05) is 24.3 Å². The van der Waals surface area contributed by atoms with Crippen molar-refractivity contribution in [3.63, 3.8) is 0 Å². The number of rotatable bonds is 7. The Hall–Kier alpha value is -2.24. The number of ether oxygens (including phenoxy) is 1. The Kier molecular flexibility index (Phi) is 6.69. The molecule has 0 fully saturated rings. The molecule has 0 atom stereocenters. The van der Waals surface area contributed by atoms with Gasteiger partial charge in [0.25, 0.3) is 0 Å². The van der Waals surface area contributed by atoms with Gasteiger partial charge in [0, 0.05) is 6.54 Å². The summed E-state index contributed by atoms with van der Waals surface area (Å²) < 4.78 is 5.53. The van der Waals surface area contributed by atoms with E-state index in [-0.39, 0.29) is 18.4 Å². The molecule has 2 amide bonds. The van der Waals surface area contributed by atoms with Gasteiger partial charge in [-0.1, -0.05) is 32.9 Å². The van der Waals surface area contributed by atoms with Gasteiger partial charge in [0.2, 0.25) is 0 Å². The lowest BCUT2D eigenvalue weighted by Crippen LogP contribution is -2.38. The number of carbonyl (C=O) groups is 2. The minimum absolute atomic E-state index is 0.0932. The summed E-state index contributed by atoms with van der Waals surface area (Å²) in [4.78, 5) is 21.6. The number of benzene rings is 1. The van der Waals surface area contributed by atoms with Crippen LogP contribution in [0.4, 0.5) is 4.79 Å². The number of amides is 2. The highest BCUT2D eigenvalue weighted by Crippen LogP contribution is 2.24. The van der Waals surface area contributed by atoms with Crippen LogP contribution in [0.3, 0.4) is 0 Å². The zero-order valence-corrected chi connectivity index (χ0v) is 13.3. The Morgan fingerprint density at radius 3 is 2.23 bits per heavy atom. The summed E-state index contributed by atoms with van der Waals surface area (Å²) in [5.74, 6) is -0.191. The van der Waals surface area contributed by atoms with E-state index in [1.165, 1.54) is 5.56 Å². The predicted molar refractivity (Wildman–Crippen MR) is 84.3 cm³/mol. The molecule has 0 aliphatic rings. The molecule has 1 rings (SSSR count). The summed E-state index contributed by atoms with van der Waals surface area (Å²) in [5.41, 5.74) is 1.34. The van der Waals surface area contributed by atoms with E-state index >= 15 is 0 Å². The van der Waals surface area contributed by atoms with Crippen molar-refractivity contribution < 1.29 is 19.4 Å². The van der Waals surface area contributed by atoms with Crippen LogP contribution in [0.25, 0.3) is 0 Å². The number of hydrogen-bond donors (Lipinski definition) is 3. The second kappa shape index (κ2) is 8.26. The smallest absolute Gasteiger partial charge is 0.314 e. The average Bonchev–Trinajstić information content (AvgIpc) is 2.43. The van der Waals surface area contributed by atoms with Gasteiger partial charge in [-0.3, -0.25) is 4.79 Å². The molecule has 6 nitrogen and oxygen atoms in total. The molecule has 22 heavy (non-hydrogen) atoms. The zero-order chi connectivity index (χ0) is 16.6. The summed E-state index contributed by atoms with van der Waals surface area (Å²) >= 11 is 0. The summed E-state index contributed by atoms with van der Waals surface area (Å²) in [6, 6.07) is 7.48. The first kappa shape index (κ1) is 17.8. The van der Waals surface area contributed by atoms with E-state index in [0.717, 1.165) is 5.75 Å². The fourth-order valence-electron chi connectivity index (χ4n) is 1.73. The second-order valence-electron chi connectivity index (χ2n) is 5.95. The topological polar surface area (TPSA) is 87.7 Å². The van der Waals surface area contributed by atoms with E-state index in [4.69, 9.17) is 9.84 Å². The highest BCUT2D eigenvalue weighted by molar-refractivity contribution is 5.74. The molecular weight excluding hydrogens is 284 g/mol. The molecule has 1 aromatic rings. The normalized spacial score (nSPS) is 10.9. The van der Waals surface area contributed by atoms with E-state index in [9.17, 15) is 9.59 Å². The monoisotopic (exact) mass is 308 g/mol. The predicted octanol–water partition coefficient (Wildman–Crippen LogP) is 2.14. The van der Waals surface area contributed by atoms with Crippen LogP contribution in [0.2, 0.25) is 0 Å². The maximum atomic E-state index is 11.3. The quantitative estimate of drug-likeness (QED) is 0.673. The van der Waals surface area contributed by atoms with Gasteiger partial charge < -0.3 is 20.5 Å². The van der Waals surface area contributed by atoms with Crippen molar-refractivity contribution in [2.24, 2.45) is 0 Å². The molecule has 1 aromatic carbocycles. The molecule has 0 aromatic heterocycles. The minimum atomic E-state index is -0.942. The first-order chi connectivity index (χ1) is 10.3. The van der Waals surface area contributed by atoms with Gasteiger partial charge in [0.15, 0.2) is 0 Å².